The highest BCUT2D eigenvalue weighted by Crippen LogP contribution is 2.19. The Morgan fingerprint density at radius 2 is 1.79 bits per heavy atom. The molecule has 0 spiro atoms. The lowest BCUT2D eigenvalue weighted by molar-refractivity contribution is -0.113. The van der Waals surface area contributed by atoms with Crippen molar-refractivity contribution in [3.63, 3.8) is 0 Å². The molecule has 0 saturated carbocycles. The third kappa shape index (κ3) is 5.35. The van der Waals surface area contributed by atoms with E-state index in [4.69, 9.17) is 0 Å². The Morgan fingerprint density at radius 1 is 1.07 bits per heavy atom. The maximum atomic E-state index is 12.6. The highest BCUT2D eigenvalue weighted by molar-refractivity contribution is 7.99. The van der Waals surface area contributed by atoms with E-state index >= 15 is 0 Å². The van der Waals surface area contributed by atoms with Crippen molar-refractivity contribution in [2.45, 2.75) is 25.0 Å². The van der Waals surface area contributed by atoms with Gasteiger partial charge in [0.25, 0.3) is 5.91 Å². The molecular weight excluding hydrogens is 390 g/mol. The van der Waals surface area contributed by atoms with Gasteiger partial charge < -0.3 is 10.6 Å². The van der Waals surface area contributed by atoms with Gasteiger partial charge in [0.05, 0.1) is 17.0 Å². The zero-order valence-corrected chi connectivity index (χ0v) is 16.7. The number of hydrogen-bond acceptors (Lipinski definition) is 5. The Balaban J connectivity index is 1.65. The third-order valence-electron chi connectivity index (χ3n) is 3.98. The van der Waals surface area contributed by atoms with E-state index in [-0.39, 0.29) is 23.3 Å². The van der Waals surface area contributed by atoms with Crippen molar-refractivity contribution in [1.29, 1.82) is 0 Å². The first-order valence-corrected chi connectivity index (χ1v) is 10.1. The Kier molecular flexibility index (Phi) is 6.85. The largest absolute Gasteiger partial charge is 0.343 e. The molecule has 0 bridgehead atoms. The molecule has 3 rings (SSSR count). The molecule has 3 aromatic rings. The van der Waals surface area contributed by atoms with Gasteiger partial charge in [-0.25, -0.2) is 9.89 Å². The van der Waals surface area contributed by atoms with E-state index in [1.54, 1.807) is 36.4 Å². The molecule has 0 atom stereocenters. The molecule has 0 aliphatic carbocycles. The standard InChI is InChI=1S/C20H21N5O3S/c1-2-12-25-19(28)23-24-20(25)29-13-17(26)22-16-11-7-6-10-15(16)18(27)21-14-8-4-3-5-9-14/h3-11H,2,12-13H2,1H3,(H,21,27)(H,22,26)(H,23,28). The number of thioether (sulfide) groups is 1. The molecule has 0 saturated heterocycles. The van der Waals surface area contributed by atoms with Crippen LogP contribution in [0.1, 0.15) is 23.7 Å². The fourth-order valence-corrected chi connectivity index (χ4v) is 3.43. The van der Waals surface area contributed by atoms with E-state index in [0.29, 0.717) is 28.6 Å². The molecule has 0 unspecified atom stereocenters. The summed E-state index contributed by atoms with van der Waals surface area (Å²) in [7, 11) is 0. The van der Waals surface area contributed by atoms with Crippen molar-refractivity contribution in [2.75, 3.05) is 16.4 Å². The third-order valence-corrected chi connectivity index (χ3v) is 4.96. The molecule has 8 nitrogen and oxygen atoms in total. The summed E-state index contributed by atoms with van der Waals surface area (Å²) in [5.41, 5.74) is 1.15. The second-order valence-electron chi connectivity index (χ2n) is 6.17. The summed E-state index contributed by atoms with van der Waals surface area (Å²) in [5.74, 6) is -0.555. The van der Waals surface area contributed by atoms with Gasteiger partial charge in [-0.05, 0) is 30.7 Å². The fourth-order valence-electron chi connectivity index (χ4n) is 2.66. The molecule has 2 amide bonds. The Bertz CT molecular complexity index is 1050. The normalized spacial score (nSPS) is 10.5. The van der Waals surface area contributed by atoms with Crippen molar-refractivity contribution in [2.24, 2.45) is 0 Å². The SMILES string of the molecule is CCCn1c(SCC(=O)Nc2ccccc2C(=O)Nc2ccccc2)n[nH]c1=O. The van der Waals surface area contributed by atoms with Gasteiger partial charge in [0.1, 0.15) is 0 Å². The van der Waals surface area contributed by atoms with Gasteiger partial charge >= 0.3 is 5.69 Å². The number of para-hydroxylation sites is 2. The Labute approximate surface area is 171 Å². The number of aromatic nitrogens is 3. The van der Waals surface area contributed by atoms with E-state index in [2.05, 4.69) is 20.8 Å². The number of nitrogens with one attached hydrogen (secondary N) is 3. The average molecular weight is 411 g/mol. The summed E-state index contributed by atoms with van der Waals surface area (Å²) in [6.07, 6.45) is 0.781. The molecule has 9 heteroatoms. The van der Waals surface area contributed by atoms with Gasteiger partial charge in [-0.3, -0.25) is 14.2 Å². The van der Waals surface area contributed by atoms with Gasteiger partial charge in [-0.2, -0.15) is 0 Å². The minimum Gasteiger partial charge on any atom is -0.325 e. The summed E-state index contributed by atoms with van der Waals surface area (Å²) in [5, 5.41) is 12.4. The van der Waals surface area contributed by atoms with Gasteiger partial charge in [0, 0.05) is 12.2 Å². The molecule has 2 aromatic carbocycles. The lowest BCUT2D eigenvalue weighted by Gasteiger charge is -2.11. The lowest BCUT2D eigenvalue weighted by Crippen LogP contribution is -2.20. The van der Waals surface area contributed by atoms with Crippen LogP contribution in [0.3, 0.4) is 0 Å². The first kappa shape index (κ1) is 20.4. The quantitative estimate of drug-likeness (QED) is 0.494. The number of anilines is 2. The number of rotatable bonds is 8. The number of benzene rings is 2. The van der Waals surface area contributed by atoms with Crippen LogP contribution >= 0.6 is 11.8 Å². The van der Waals surface area contributed by atoms with Crippen LogP contribution in [-0.4, -0.2) is 32.3 Å². The summed E-state index contributed by atoms with van der Waals surface area (Å²) >= 11 is 1.16. The first-order chi connectivity index (χ1) is 14.1. The number of H-pyrrole nitrogens is 1. The molecule has 0 aliphatic rings. The van der Waals surface area contributed by atoms with Crippen LogP contribution in [-0.2, 0) is 11.3 Å². The molecule has 3 N–H and O–H groups in total. The summed E-state index contributed by atoms with van der Waals surface area (Å²) in [6, 6.07) is 15.9. The zero-order valence-electron chi connectivity index (χ0n) is 15.8. The van der Waals surface area contributed by atoms with E-state index in [9.17, 15) is 14.4 Å². The first-order valence-electron chi connectivity index (χ1n) is 9.11. The van der Waals surface area contributed by atoms with E-state index < -0.39 is 0 Å². The molecule has 0 aliphatic heterocycles. The topological polar surface area (TPSA) is 109 Å². The van der Waals surface area contributed by atoms with Crippen LogP contribution in [0, 0.1) is 0 Å². The summed E-state index contributed by atoms with van der Waals surface area (Å²) < 4.78 is 1.50. The number of hydrogen-bond donors (Lipinski definition) is 3. The number of aromatic amines is 1. The van der Waals surface area contributed by atoms with Crippen LogP contribution in [0.4, 0.5) is 11.4 Å². The molecule has 1 heterocycles. The van der Waals surface area contributed by atoms with Crippen LogP contribution in [0.15, 0.2) is 64.5 Å². The van der Waals surface area contributed by atoms with Crippen molar-refractivity contribution in [3.8, 4) is 0 Å². The van der Waals surface area contributed by atoms with Crippen LogP contribution < -0.4 is 16.3 Å². The average Bonchev–Trinajstić information content (AvgIpc) is 3.07. The lowest BCUT2D eigenvalue weighted by atomic mass is 10.1. The minimum atomic E-state index is -0.316. The van der Waals surface area contributed by atoms with Crippen LogP contribution in [0.2, 0.25) is 0 Å². The monoisotopic (exact) mass is 411 g/mol. The molecule has 150 valence electrons. The van der Waals surface area contributed by atoms with E-state index in [1.807, 2.05) is 25.1 Å². The highest BCUT2D eigenvalue weighted by atomic mass is 32.2. The second kappa shape index (κ2) is 9.74. The van der Waals surface area contributed by atoms with Crippen LogP contribution in [0.25, 0.3) is 0 Å². The number of carbonyl (C=O) groups excluding carboxylic acids is 2. The van der Waals surface area contributed by atoms with Crippen molar-refractivity contribution in [1.82, 2.24) is 14.8 Å². The number of nitrogens with zero attached hydrogens (tertiary/aromatic N) is 2. The maximum Gasteiger partial charge on any atom is 0.343 e. The molecule has 29 heavy (non-hydrogen) atoms. The van der Waals surface area contributed by atoms with Crippen molar-refractivity contribution >= 4 is 35.0 Å². The van der Waals surface area contributed by atoms with Crippen LogP contribution in [0.5, 0.6) is 0 Å². The second-order valence-corrected chi connectivity index (χ2v) is 7.11. The van der Waals surface area contributed by atoms with Gasteiger partial charge in [-0.1, -0.05) is 49.0 Å². The van der Waals surface area contributed by atoms with Crippen molar-refractivity contribution < 1.29 is 9.59 Å². The summed E-state index contributed by atoms with van der Waals surface area (Å²) in [4.78, 5) is 36.7. The Hall–Kier alpha value is -3.33. The summed E-state index contributed by atoms with van der Waals surface area (Å²) in [6.45, 7) is 2.49. The smallest absolute Gasteiger partial charge is 0.325 e. The Morgan fingerprint density at radius 3 is 2.55 bits per heavy atom. The fraction of sp³-hybridized carbons (Fsp3) is 0.200. The molecular formula is C20H21N5O3S. The zero-order chi connectivity index (χ0) is 20.6. The highest BCUT2D eigenvalue weighted by Gasteiger charge is 2.15. The molecule has 0 fully saturated rings. The van der Waals surface area contributed by atoms with Gasteiger partial charge in [0.15, 0.2) is 5.16 Å². The predicted octanol–water partition coefficient (Wildman–Crippen LogP) is 2.96. The molecule has 0 radical (unpaired) electrons. The van der Waals surface area contributed by atoms with E-state index in [0.717, 1.165) is 18.2 Å². The minimum absolute atomic E-state index is 0.0582. The number of amides is 2. The maximum absolute atomic E-state index is 12.6. The van der Waals surface area contributed by atoms with Gasteiger partial charge in [-0.15, -0.1) is 5.10 Å². The number of carbonyl (C=O) groups is 2. The predicted molar refractivity (Wildman–Crippen MR) is 113 cm³/mol. The van der Waals surface area contributed by atoms with Crippen molar-refractivity contribution in [3.05, 3.63) is 70.6 Å². The molecule has 1 aromatic heterocycles. The van der Waals surface area contributed by atoms with Gasteiger partial charge in [0.2, 0.25) is 5.91 Å². The van der Waals surface area contributed by atoms with E-state index in [1.165, 1.54) is 4.57 Å².